The number of rotatable bonds is 3. The molecule has 2 rings (SSSR count). The van der Waals surface area contributed by atoms with Crippen LogP contribution in [0.1, 0.15) is 5.56 Å². The zero-order valence-corrected chi connectivity index (χ0v) is 11.7. The van der Waals surface area contributed by atoms with Gasteiger partial charge in [-0.05, 0) is 24.6 Å². The summed E-state index contributed by atoms with van der Waals surface area (Å²) in [6.45, 7) is 6.36. The van der Waals surface area contributed by atoms with Crippen LogP contribution in [-0.2, 0) is 10.0 Å². The average molecular weight is 275 g/mol. The molecular weight excluding hydrogens is 258 g/mol. The highest BCUT2D eigenvalue weighted by Gasteiger charge is 2.25. The predicted molar refractivity (Wildman–Crippen MR) is 77.4 cm³/mol. The van der Waals surface area contributed by atoms with Crippen molar-refractivity contribution in [3.8, 4) is 0 Å². The van der Waals surface area contributed by atoms with Gasteiger partial charge < -0.3 is 0 Å². The summed E-state index contributed by atoms with van der Waals surface area (Å²) < 4.78 is 26.4. The molecule has 4 heteroatoms. The molecule has 1 aromatic rings. The Balaban J connectivity index is 2.30. The minimum Gasteiger partial charge on any atom is -0.207 e. The third-order valence-corrected chi connectivity index (χ3v) is 4.82. The van der Waals surface area contributed by atoms with Gasteiger partial charge >= 0.3 is 0 Å². The molecule has 0 aliphatic carbocycles. The minimum absolute atomic E-state index is 0.339. The molecule has 0 unspecified atom stereocenters. The summed E-state index contributed by atoms with van der Waals surface area (Å²) in [6.07, 6.45) is 7.28. The van der Waals surface area contributed by atoms with Crippen LogP contribution in [-0.4, -0.2) is 25.8 Å². The van der Waals surface area contributed by atoms with E-state index in [-0.39, 0.29) is 0 Å². The molecule has 1 aliphatic rings. The first kappa shape index (κ1) is 13.8. The van der Waals surface area contributed by atoms with E-state index in [0.29, 0.717) is 18.0 Å². The molecule has 19 heavy (non-hydrogen) atoms. The van der Waals surface area contributed by atoms with E-state index in [2.05, 4.69) is 6.58 Å². The van der Waals surface area contributed by atoms with Gasteiger partial charge in [-0.15, -0.1) is 0 Å². The summed E-state index contributed by atoms with van der Waals surface area (Å²) >= 11 is 0. The third kappa shape index (κ3) is 3.03. The van der Waals surface area contributed by atoms with E-state index in [1.165, 1.54) is 4.31 Å². The zero-order valence-electron chi connectivity index (χ0n) is 10.9. The Bertz CT molecular complexity index is 625. The molecule has 1 aromatic carbocycles. The maximum atomic E-state index is 12.5. The molecule has 0 amide bonds. The third-order valence-electron chi connectivity index (χ3n) is 2.99. The van der Waals surface area contributed by atoms with Gasteiger partial charge in [0.1, 0.15) is 0 Å². The number of hydrogen-bond donors (Lipinski definition) is 0. The molecular formula is C15H17NO2S. The number of allylic oxidation sites excluding steroid dienone is 2. The molecule has 0 aromatic heterocycles. The summed E-state index contributed by atoms with van der Waals surface area (Å²) in [5.74, 6) is 0. The summed E-state index contributed by atoms with van der Waals surface area (Å²) in [6, 6.07) is 6.93. The van der Waals surface area contributed by atoms with Gasteiger partial charge in [0, 0.05) is 13.1 Å². The van der Waals surface area contributed by atoms with Gasteiger partial charge in [0.15, 0.2) is 0 Å². The first-order chi connectivity index (χ1) is 9.04. The van der Waals surface area contributed by atoms with E-state index in [1.807, 2.05) is 37.3 Å². The zero-order chi connectivity index (χ0) is 13.9. The van der Waals surface area contributed by atoms with Crippen LogP contribution in [0.5, 0.6) is 0 Å². The molecule has 1 aliphatic heterocycles. The fraction of sp³-hybridized carbons (Fsp3) is 0.200. The predicted octanol–water partition coefficient (Wildman–Crippen LogP) is 2.67. The van der Waals surface area contributed by atoms with Crippen molar-refractivity contribution in [3.05, 3.63) is 66.3 Å². The maximum Gasteiger partial charge on any atom is 0.243 e. The highest BCUT2D eigenvalue weighted by Crippen LogP contribution is 2.20. The van der Waals surface area contributed by atoms with Crippen LogP contribution in [0.3, 0.4) is 0 Å². The van der Waals surface area contributed by atoms with Crippen LogP contribution in [0.15, 0.2) is 65.6 Å². The van der Waals surface area contributed by atoms with Crippen LogP contribution in [0.4, 0.5) is 0 Å². The van der Waals surface area contributed by atoms with Gasteiger partial charge in [-0.2, -0.15) is 4.31 Å². The van der Waals surface area contributed by atoms with Crippen LogP contribution in [0, 0.1) is 6.92 Å². The van der Waals surface area contributed by atoms with E-state index in [9.17, 15) is 8.42 Å². The molecule has 0 saturated heterocycles. The molecule has 0 spiro atoms. The van der Waals surface area contributed by atoms with E-state index in [4.69, 9.17) is 0 Å². The Kier molecular flexibility index (Phi) is 4.02. The number of sulfonamides is 1. The Hall–Kier alpha value is -1.65. The number of benzene rings is 1. The number of nitrogens with zero attached hydrogens (tertiary/aromatic N) is 1. The highest BCUT2D eigenvalue weighted by atomic mass is 32.2. The van der Waals surface area contributed by atoms with Crippen LogP contribution in [0.25, 0.3) is 0 Å². The molecule has 0 fully saturated rings. The van der Waals surface area contributed by atoms with Crippen molar-refractivity contribution >= 4 is 10.0 Å². The number of aryl methyl sites for hydroxylation is 1. The first-order valence-corrected chi connectivity index (χ1v) is 7.53. The normalized spacial score (nSPS) is 18.7. The lowest BCUT2D eigenvalue weighted by Gasteiger charge is -2.24. The smallest absolute Gasteiger partial charge is 0.207 e. The molecule has 0 N–H and O–H groups in total. The largest absolute Gasteiger partial charge is 0.243 e. The van der Waals surface area contributed by atoms with Crippen LogP contribution < -0.4 is 0 Å². The van der Waals surface area contributed by atoms with Gasteiger partial charge in [0.2, 0.25) is 10.0 Å². The van der Waals surface area contributed by atoms with Gasteiger partial charge in [0.25, 0.3) is 0 Å². The Morgan fingerprint density at radius 1 is 1.26 bits per heavy atom. The van der Waals surface area contributed by atoms with Crippen molar-refractivity contribution in [2.24, 2.45) is 0 Å². The van der Waals surface area contributed by atoms with Crippen molar-refractivity contribution < 1.29 is 8.42 Å². The highest BCUT2D eigenvalue weighted by molar-refractivity contribution is 7.89. The summed E-state index contributed by atoms with van der Waals surface area (Å²) in [5, 5.41) is 0. The minimum atomic E-state index is -3.42. The van der Waals surface area contributed by atoms with Crippen molar-refractivity contribution in [1.29, 1.82) is 0 Å². The molecule has 0 radical (unpaired) electrons. The molecule has 0 atom stereocenters. The second-order valence-electron chi connectivity index (χ2n) is 4.49. The topological polar surface area (TPSA) is 37.4 Å². The average Bonchev–Trinajstić information content (AvgIpc) is 2.40. The molecule has 1 heterocycles. The monoisotopic (exact) mass is 275 g/mol. The first-order valence-electron chi connectivity index (χ1n) is 6.09. The van der Waals surface area contributed by atoms with E-state index in [1.54, 1.807) is 18.2 Å². The fourth-order valence-corrected chi connectivity index (χ4v) is 3.32. The van der Waals surface area contributed by atoms with E-state index < -0.39 is 10.0 Å². The summed E-state index contributed by atoms with van der Waals surface area (Å²) in [7, 11) is -3.42. The van der Waals surface area contributed by atoms with Gasteiger partial charge in [0.05, 0.1) is 4.90 Å². The van der Waals surface area contributed by atoms with Gasteiger partial charge in [-0.1, -0.05) is 48.6 Å². The van der Waals surface area contributed by atoms with Crippen molar-refractivity contribution in [1.82, 2.24) is 4.31 Å². The Labute approximate surface area is 114 Å². The molecule has 100 valence electrons. The fourth-order valence-electron chi connectivity index (χ4n) is 1.94. The lowest BCUT2D eigenvalue weighted by atomic mass is 10.2. The van der Waals surface area contributed by atoms with E-state index >= 15 is 0 Å². The quantitative estimate of drug-likeness (QED) is 0.850. The van der Waals surface area contributed by atoms with Crippen molar-refractivity contribution in [3.63, 3.8) is 0 Å². The second kappa shape index (κ2) is 5.55. The van der Waals surface area contributed by atoms with E-state index in [0.717, 1.165) is 11.1 Å². The van der Waals surface area contributed by atoms with Gasteiger partial charge in [-0.3, -0.25) is 0 Å². The lowest BCUT2D eigenvalue weighted by Crippen LogP contribution is -2.34. The number of hydrogen-bond acceptors (Lipinski definition) is 2. The molecule has 0 bridgehead atoms. The Morgan fingerprint density at radius 2 is 1.95 bits per heavy atom. The lowest BCUT2D eigenvalue weighted by molar-refractivity contribution is 0.463. The summed E-state index contributed by atoms with van der Waals surface area (Å²) in [5.41, 5.74) is 1.99. The molecule has 3 nitrogen and oxygen atoms in total. The standard InChI is InChI=1S/C15H17NO2S/c1-3-5-14-6-4-11-16(12-14)19(17,18)15-9-7-13(2)8-10-15/h3-10H,1,11-12H2,2H3/b14-5+. The van der Waals surface area contributed by atoms with Crippen LogP contribution in [0.2, 0.25) is 0 Å². The Morgan fingerprint density at radius 3 is 2.58 bits per heavy atom. The maximum absolute atomic E-state index is 12.5. The molecule has 0 saturated carbocycles. The second-order valence-corrected chi connectivity index (χ2v) is 6.43. The van der Waals surface area contributed by atoms with Crippen molar-refractivity contribution in [2.75, 3.05) is 13.1 Å². The van der Waals surface area contributed by atoms with Crippen LogP contribution >= 0.6 is 0 Å². The summed E-state index contributed by atoms with van der Waals surface area (Å²) in [4.78, 5) is 0.339. The van der Waals surface area contributed by atoms with Gasteiger partial charge in [-0.25, -0.2) is 8.42 Å². The SMILES string of the molecule is C=C/C=C1\C=CCN(S(=O)(=O)c2ccc(C)cc2)C1. The van der Waals surface area contributed by atoms with Crippen molar-refractivity contribution in [2.45, 2.75) is 11.8 Å².